The second-order valence-electron chi connectivity index (χ2n) is 5.87. The number of rotatable bonds is 3. The minimum Gasteiger partial charge on any atom is -0.508 e. The first-order valence-corrected chi connectivity index (χ1v) is 8.11. The molecule has 4 rings (SSSR count). The molecule has 0 aliphatic heterocycles. The van der Waals surface area contributed by atoms with Crippen LogP contribution >= 0.6 is 0 Å². The molecule has 1 N–H and O–H groups in total. The van der Waals surface area contributed by atoms with E-state index in [9.17, 15) is 9.90 Å². The summed E-state index contributed by atoms with van der Waals surface area (Å²) in [5.74, 6) is 2.09. The third-order valence-electron chi connectivity index (χ3n) is 4.05. The summed E-state index contributed by atoms with van der Waals surface area (Å²) in [5.41, 5.74) is 1.04. The summed E-state index contributed by atoms with van der Waals surface area (Å²) in [5, 5.41) is 9.86. The number of aromatic hydroxyl groups is 1. The molecule has 4 nitrogen and oxygen atoms in total. The molecule has 1 aliphatic rings. The summed E-state index contributed by atoms with van der Waals surface area (Å²) >= 11 is 0. The zero-order valence-electron chi connectivity index (χ0n) is 13.4. The molecule has 124 valence electrons. The van der Waals surface area contributed by atoms with Crippen LogP contribution in [0.15, 0.2) is 81.7 Å². The number of phenols is 1. The summed E-state index contributed by atoms with van der Waals surface area (Å²) < 4.78 is 11.6. The minimum atomic E-state index is -0.190. The van der Waals surface area contributed by atoms with Crippen molar-refractivity contribution in [2.45, 2.75) is 12.8 Å². The lowest BCUT2D eigenvalue weighted by Gasteiger charge is -2.10. The van der Waals surface area contributed by atoms with Crippen molar-refractivity contribution in [3.8, 4) is 22.8 Å². The molecule has 3 aromatic rings. The maximum Gasteiger partial charge on any atom is 0.193 e. The predicted molar refractivity (Wildman–Crippen MR) is 96.7 cm³/mol. The van der Waals surface area contributed by atoms with Crippen molar-refractivity contribution >= 4 is 11.0 Å². The molecule has 1 aromatic heterocycles. The smallest absolute Gasteiger partial charge is 0.193 e. The summed E-state index contributed by atoms with van der Waals surface area (Å²) in [7, 11) is 0. The fourth-order valence-corrected chi connectivity index (χ4v) is 2.77. The van der Waals surface area contributed by atoms with Gasteiger partial charge in [-0.15, -0.1) is 0 Å². The van der Waals surface area contributed by atoms with Gasteiger partial charge in [-0.2, -0.15) is 0 Å². The van der Waals surface area contributed by atoms with Crippen molar-refractivity contribution in [3.05, 3.63) is 82.7 Å². The number of ether oxygens (including phenoxy) is 1. The fraction of sp³-hybridized carbons (Fsp3) is 0.0952. The van der Waals surface area contributed by atoms with Crippen molar-refractivity contribution in [1.82, 2.24) is 0 Å². The number of benzene rings is 2. The topological polar surface area (TPSA) is 59.7 Å². The predicted octanol–water partition coefficient (Wildman–Crippen LogP) is 4.78. The van der Waals surface area contributed by atoms with Crippen molar-refractivity contribution in [2.75, 3.05) is 0 Å². The van der Waals surface area contributed by atoms with Gasteiger partial charge in [0.05, 0.1) is 5.39 Å². The maximum absolute atomic E-state index is 12.2. The van der Waals surface area contributed by atoms with E-state index in [1.165, 1.54) is 18.2 Å². The van der Waals surface area contributed by atoms with Crippen molar-refractivity contribution in [3.63, 3.8) is 0 Å². The average Bonchev–Trinajstić information content (AvgIpc) is 2.64. The van der Waals surface area contributed by atoms with Gasteiger partial charge in [-0.25, -0.2) is 0 Å². The second-order valence-corrected chi connectivity index (χ2v) is 5.87. The summed E-state index contributed by atoms with van der Waals surface area (Å²) in [6.07, 6.45) is 8.15. The van der Waals surface area contributed by atoms with Gasteiger partial charge in [-0.1, -0.05) is 6.08 Å². The molecule has 0 saturated heterocycles. The van der Waals surface area contributed by atoms with Crippen LogP contribution in [0.4, 0.5) is 0 Å². The maximum atomic E-state index is 12.2. The normalized spacial score (nSPS) is 13.7. The van der Waals surface area contributed by atoms with Gasteiger partial charge in [0.2, 0.25) is 0 Å². The average molecular weight is 332 g/mol. The van der Waals surface area contributed by atoms with Crippen LogP contribution in [0.1, 0.15) is 12.8 Å². The Morgan fingerprint density at radius 1 is 1.00 bits per heavy atom. The highest BCUT2D eigenvalue weighted by molar-refractivity contribution is 5.80. The molecule has 1 aliphatic carbocycles. The Morgan fingerprint density at radius 3 is 2.60 bits per heavy atom. The second kappa shape index (κ2) is 6.32. The molecular formula is C21H16O4. The van der Waals surface area contributed by atoms with Gasteiger partial charge in [0.1, 0.15) is 28.6 Å². The van der Waals surface area contributed by atoms with Crippen LogP contribution in [0.3, 0.4) is 0 Å². The van der Waals surface area contributed by atoms with Crippen LogP contribution in [0.5, 0.6) is 11.5 Å². The largest absolute Gasteiger partial charge is 0.508 e. The van der Waals surface area contributed by atoms with Crippen LogP contribution in [-0.4, -0.2) is 5.11 Å². The van der Waals surface area contributed by atoms with Gasteiger partial charge in [-0.05, 0) is 67.5 Å². The van der Waals surface area contributed by atoms with Crippen LogP contribution in [0.25, 0.3) is 22.3 Å². The number of allylic oxidation sites excluding steroid dienone is 3. The van der Waals surface area contributed by atoms with Crippen molar-refractivity contribution in [2.24, 2.45) is 0 Å². The quantitative estimate of drug-likeness (QED) is 0.750. The third-order valence-corrected chi connectivity index (χ3v) is 4.05. The van der Waals surface area contributed by atoms with E-state index in [0.29, 0.717) is 16.7 Å². The SMILES string of the molecule is O=c1cc(-c2ccc(OC3=CCCC=C3)cc2)oc2ccc(O)cc12. The lowest BCUT2D eigenvalue weighted by molar-refractivity contribution is 0.439. The summed E-state index contributed by atoms with van der Waals surface area (Å²) in [4.78, 5) is 12.2. The highest BCUT2D eigenvalue weighted by Crippen LogP contribution is 2.26. The molecule has 1 heterocycles. The Morgan fingerprint density at radius 2 is 1.84 bits per heavy atom. The zero-order valence-corrected chi connectivity index (χ0v) is 13.4. The van der Waals surface area contributed by atoms with Crippen LogP contribution in [0.2, 0.25) is 0 Å². The van der Waals surface area contributed by atoms with E-state index in [2.05, 4.69) is 12.2 Å². The van der Waals surface area contributed by atoms with E-state index in [-0.39, 0.29) is 11.2 Å². The molecular weight excluding hydrogens is 316 g/mol. The molecule has 4 heteroatoms. The lowest BCUT2D eigenvalue weighted by atomic mass is 10.1. The standard InChI is InChI=1S/C21H16O4/c22-15-8-11-20-18(12-15)19(23)13-21(25-20)14-6-9-17(10-7-14)24-16-4-2-1-3-5-16/h2,4-13,22H,1,3H2. The van der Waals surface area contributed by atoms with Crippen LogP contribution in [-0.2, 0) is 0 Å². The van der Waals surface area contributed by atoms with Gasteiger partial charge >= 0.3 is 0 Å². The Bertz CT molecular complexity index is 1040. The van der Waals surface area contributed by atoms with Gasteiger partial charge < -0.3 is 14.3 Å². The molecule has 2 aromatic carbocycles. The number of phenolic OH excluding ortho intramolecular Hbond substituents is 1. The van der Waals surface area contributed by atoms with Gasteiger partial charge in [-0.3, -0.25) is 4.79 Å². The van der Waals surface area contributed by atoms with Gasteiger partial charge in [0.25, 0.3) is 0 Å². The summed E-state index contributed by atoms with van der Waals surface area (Å²) in [6, 6.07) is 13.3. The van der Waals surface area contributed by atoms with E-state index < -0.39 is 0 Å². The highest BCUT2D eigenvalue weighted by Gasteiger charge is 2.08. The lowest BCUT2D eigenvalue weighted by Crippen LogP contribution is -2.00. The Hall–Kier alpha value is -3.27. The zero-order chi connectivity index (χ0) is 17.2. The number of fused-ring (bicyclic) bond motifs is 1. The van der Waals surface area contributed by atoms with Crippen molar-refractivity contribution < 1.29 is 14.3 Å². The Kier molecular flexibility index (Phi) is 3.86. The summed E-state index contributed by atoms with van der Waals surface area (Å²) in [6.45, 7) is 0. The van der Waals surface area contributed by atoms with Crippen LogP contribution in [0, 0.1) is 0 Å². The van der Waals surface area contributed by atoms with E-state index >= 15 is 0 Å². The van der Waals surface area contributed by atoms with E-state index in [4.69, 9.17) is 9.15 Å². The fourth-order valence-electron chi connectivity index (χ4n) is 2.77. The molecule has 0 atom stereocenters. The Labute approximate surface area is 144 Å². The van der Waals surface area contributed by atoms with Gasteiger partial charge in [0, 0.05) is 11.6 Å². The van der Waals surface area contributed by atoms with E-state index in [0.717, 1.165) is 29.9 Å². The van der Waals surface area contributed by atoms with E-state index in [1.807, 2.05) is 30.3 Å². The first-order chi connectivity index (χ1) is 12.2. The highest BCUT2D eigenvalue weighted by atomic mass is 16.5. The van der Waals surface area contributed by atoms with Gasteiger partial charge in [0.15, 0.2) is 5.43 Å². The number of hydrogen-bond donors (Lipinski definition) is 1. The molecule has 25 heavy (non-hydrogen) atoms. The molecule has 0 fully saturated rings. The molecule has 0 radical (unpaired) electrons. The molecule has 0 unspecified atom stereocenters. The van der Waals surface area contributed by atoms with E-state index in [1.54, 1.807) is 6.07 Å². The molecule has 0 amide bonds. The minimum absolute atomic E-state index is 0.0418. The number of hydrogen-bond acceptors (Lipinski definition) is 4. The first-order valence-electron chi connectivity index (χ1n) is 8.11. The molecule has 0 saturated carbocycles. The third kappa shape index (κ3) is 3.19. The first kappa shape index (κ1) is 15.3. The molecule has 0 bridgehead atoms. The van der Waals surface area contributed by atoms with Crippen LogP contribution < -0.4 is 10.2 Å². The van der Waals surface area contributed by atoms with Crippen molar-refractivity contribution in [1.29, 1.82) is 0 Å². The molecule has 0 spiro atoms. The Balaban J connectivity index is 1.64. The monoisotopic (exact) mass is 332 g/mol.